The largest absolute Gasteiger partial charge is 0.461 e. The van der Waals surface area contributed by atoms with Crippen molar-refractivity contribution in [1.29, 1.82) is 0 Å². The molecule has 0 aromatic rings. The number of aldehydes is 1. The van der Waals surface area contributed by atoms with E-state index in [1.807, 2.05) is 0 Å². The number of carbonyl (C=O) groups is 2. The van der Waals surface area contributed by atoms with Crippen molar-refractivity contribution in [3.8, 4) is 0 Å². The van der Waals surface area contributed by atoms with Gasteiger partial charge in [0.1, 0.15) is 0 Å². The highest BCUT2D eigenvalue weighted by molar-refractivity contribution is 5.79. The van der Waals surface area contributed by atoms with Gasteiger partial charge in [0.15, 0.2) is 6.29 Å². The predicted molar refractivity (Wildman–Crippen MR) is 53.5 cm³/mol. The molecule has 26 heavy (non-hydrogen) atoms. The average molecular weight is 418 g/mol. The van der Waals surface area contributed by atoms with Crippen LogP contribution in [0.5, 0.6) is 0 Å². The summed E-state index contributed by atoms with van der Waals surface area (Å²) in [5.41, 5.74) is 0. The van der Waals surface area contributed by atoms with Crippen molar-refractivity contribution < 1.29 is 71.7 Å². The Hall–Kier alpha value is -1.74. The standard InChI is InChI=1S/C10H6F12O4/c1-2-25-4(24)6(13,14)7(15,16)8(17,18)10(21,22)26-9(19,20)5(11,12)3-23/h3H,2H2,1H3. The smallest absolute Gasteiger partial charge is 0.431 e. The zero-order chi connectivity index (χ0) is 21.4. The number of carbonyl (C=O) groups excluding carboxylic acids is 2. The summed E-state index contributed by atoms with van der Waals surface area (Å²) in [7, 11) is 0. The van der Waals surface area contributed by atoms with E-state index in [1.54, 1.807) is 4.74 Å². The van der Waals surface area contributed by atoms with Crippen LogP contribution in [0.4, 0.5) is 52.7 Å². The third kappa shape index (κ3) is 3.68. The van der Waals surface area contributed by atoms with Crippen LogP contribution in [0.3, 0.4) is 0 Å². The topological polar surface area (TPSA) is 52.6 Å². The summed E-state index contributed by atoms with van der Waals surface area (Å²) in [5, 5.41) is 0. The number of rotatable bonds is 9. The van der Waals surface area contributed by atoms with Crippen molar-refractivity contribution >= 4 is 12.3 Å². The molecular weight excluding hydrogens is 412 g/mol. The van der Waals surface area contributed by atoms with Gasteiger partial charge in [-0.15, -0.1) is 0 Å². The first-order valence-electron chi connectivity index (χ1n) is 5.85. The summed E-state index contributed by atoms with van der Waals surface area (Å²) in [6.07, 6.45) is -16.3. The lowest BCUT2D eigenvalue weighted by molar-refractivity contribution is -0.488. The number of alkyl halides is 12. The highest BCUT2D eigenvalue weighted by atomic mass is 19.4. The predicted octanol–water partition coefficient (Wildman–Crippen LogP) is 3.49. The molecule has 0 saturated carbocycles. The van der Waals surface area contributed by atoms with Crippen molar-refractivity contribution in [2.75, 3.05) is 6.61 Å². The van der Waals surface area contributed by atoms with E-state index in [1.165, 1.54) is 0 Å². The van der Waals surface area contributed by atoms with Crippen LogP contribution in [0.25, 0.3) is 0 Å². The van der Waals surface area contributed by atoms with Crippen LogP contribution in [0.2, 0.25) is 0 Å². The summed E-state index contributed by atoms with van der Waals surface area (Å²) < 4.78 is 160. The maximum absolute atomic E-state index is 13.1. The van der Waals surface area contributed by atoms with Gasteiger partial charge in [-0.1, -0.05) is 0 Å². The molecule has 0 fully saturated rings. The second kappa shape index (κ2) is 6.77. The molecule has 0 aromatic heterocycles. The lowest BCUT2D eigenvalue weighted by atomic mass is 10.0. The maximum atomic E-state index is 13.1. The van der Waals surface area contributed by atoms with Gasteiger partial charge in [0.2, 0.25) is 0 Å². The minimum Gasteiger partial charge on any atom is -0.461 e. The molecule has 0 N–H and O–H groups in total. The van der Waals surface area contributed by atoms with E-state index < -0.39 is 54.8 Å². The summed E-state index contributed by atoms with van der Waals surface area (Å²) in [5.74, 6) is -31.4. The van der Waals surface area contributed by atoms with E-state index in [0.717, 1.165) is 6.92 Å². The Labute approximate surface area is 135 Å². The molecule has 0 aliphatic heterocycles. The second-order valence-corrected chi connectivity index (χ2v) is 4.32. The number of halogens is 12. The van der Waals surface area contributed by atoms with Gasteiger partial charge in [0.25, 0.3) is 0 Å². The van der Waals surface area contributed by atoms with E-state index in [0.29, 0.717) is 0 Å². The molecule has 0 spiro atoms. The molecule has 16 heteroatoms. The van der Waals surface area contributed by atoms with Gasteiger partial charge in [-0.2, -0.15) is 52.7 Å². The molecular formula is C10H6F12O4. The monoisotopic (exact) mass is 418 g/mol. The molecule has 0 atom stereocenters. The highest BCUT2D eigenvalue weighted by Crippen LogP contribution is 2.55. The second-order valence-electron chi connectivity index (χ2n) is 4.32. The fourth-order valence-corrected chi connectivity index (χ4v) is 1.09. The van der Waals surface area contributed by atoms with E-state index in [4.69, 9.17) is 0 Å². The van der Waals surface area contributed by atoms with Crippen molar-refractivity contribution in [1.82, 2.24) is 0 Å². The minimum atomic E-state index is -7.64. The molecule has 0 saturated heterocycles. The van der Waals surface area contributed by atoms with Gasteiger partial charge >= 0.3 is 41.9 Å². The Balaban J connectivity index is 6.04. The highest BCUT2D eigenvalue weighted by Gasteiger charge is 2.86. The first-order chi connectivity index (χ1) is 11.2. The van der Waals surface area contributed by atoms with Gasteiger partial charge in [0, 0.05) is 0 Å². The molecule has 0 aliphatic carbocycles. The number of hydrogen-bond acceptors (Lipinski definition) is 4. The summed E-state index contributed by atoms with van der Waals surface area (Å²) in [4.78, 5) is 20.2. The molecule has 154 valence electrons. The van der Waals surface area contributed by atoms with E-state index >= 15 is 0 Å². The SMILES string of the molecule is CCOC(=O)C(F)(F)C(F)(F)C(F)(F)C(F)(F)OC(F)(F)C(F)(F)C=O. The van der Waals surface area contributed by atoms with Crippen LogP contribution in [0.15, 0.2) is 0 Å². The fraction of sp³-hybridized carbons (Fsp3) is 0.800. The third-order valence-electron chi connectivity index (χ3n) is 2.48. The number of esters is 1. The molecule has 0 radical (unpaired) electrons. The van der Waals surface area contributed by atoms with Crippen LogP contribution in [0.1, 0.15) is 6.92 Å². The molecule has 0 rings (SSSR count). The summed E-state index contributed by atoms with van der Waals surface area (Å²) >= 11 is 0. The lowest BCUT2D eigenvalue weighted by Crippen LogP contribution is -2.67. The average Bonchev–Trinajstić information content (AvgIpc) is 2.45. The maximum Gasteiger partial charge on any atom is 0.431 e. The normalized spacial score (nSPS) is 15.0. The van der Waals surface area contributed by atoms with Crippen molar-refractivity contribution in [3.63, 3.8) is 0 Å². The molecule has 0 unspecified atom stereocenters. The van der Waals surface area contributed by atoms with Crippen LogP contribution in [0, 0.1) is 0 Å². The molecule has 0 bridgehead atoms. The fourth-order valence-electron chi connectivity index (χ4n) is 1.09. The third-order valence-corrected chi connectivity index (χ3v) is 2.48. The van der Waals surface area contributed by atoms with Gasteiger partial charge in [0.05, 0.1) is 6.61 Å². The summed E-state index contributed by atoms with van der Waals surface area (Å²) in [6.45, 7) is -0.378. The Morgan fingerprint density at radius 1 is 0.808 bits per heavy atom. The van der Waals surface area contributed by atoms with Crippen LogP contribution in [-0.4, -0.2) is 54.8 Å². The number of ether oxygens (including phenoxy) is 2. The first kappa shape index (κ1) is 24.3. The van der Waals surface area contributed by atoms with Crippen LogP contribution in [-0.2, 0) is 19.1 Å². The van der Waals surface area contributed by atoms with Crippen LogP contribution < -0.4 is 0 Å². The van der Waals surface area contributed by atoms with E-state index in [9.17, 15) is 62.3 Å². The number of hydrogen-bond donors (Lipinski definition) is 0. The minimum absolute atomic E-state index is 0.726. The van der Waals surface area contributed by atoms with E-state index in [-0.39, 0.29) is 0 Å². The Morgan fingerprint density at radius 2 is 1.23 bits per heavy atom. The van der Waals surface area contributed by atoms with Gasteiger partial charge in [-0.05, 0) is 6.92 Å². The van der Waals surface area contributed by atoms with E-state index in [2.05, 4.69) is 4.74 Å². The van der Waals surface area contributed by atoms with Crippen molar-refractivity contribution in [2.24, 2.45) is 0 Å². The molecule has 0 aromatic carbocycles. The Kier molecular flexibility index (Phi) is 6.32. The Bertz CT molecular complexity index is 544. The molecule has 0 amide bonds. The summed E-state index contributed by atoms with van der Waals surface area (Å²) in [6, 6.07) is 0. The van der Waals surface area contributed by atoms with Crippen LogP contribution >= 0.6 is 0 Å². The zero-order valence-corrected chi connectivity index (χ0v) is 12.0. The molecule has 0 heterocycles. The Morgan fingerprint density at radius 3 is 1.58 bits per heavy atom. The zero-order valence-electron chi connectivity index (χ0n) is 12.0. The quantitative estimate of drug-likeness (QED) is 0.327. The molecule has 0 aliphatic rings. The van der Waals surface area contributed by atoms with Gasteiger partial charge < -0.3 is 4.74 Å². The lowest BCUT2D eigenvalue weighted by Gasteiger charge is -2.36. The molecule has 4 nitrogen and oxygen atoms in total. The van der Waals surface area contributed by atoms with Gasteiger partial charge in [-0.25, -0.2) is 9.53 Å². The van der Waals surface area contributed by atoms with Crippen molar-refractivity contribution in [3.05, 3.63) is 0 Å². The first-order valence-corrected chi connectivity index (χ1v) is 5.85. The van der Waals surface area contributed by atoms with Gasteiger partial charge in [-0.3, -0.25) is 4.79 Å². The van der Waals surface area contributed by atoms with Crippen molar-refractivity contribution in [2.45, 2.75) is 42.8 Å².